The van der Waals surface area contributed by atoms with E-state index in [1.54, 1.807) is 4.52 Å². The second kappa shape index (κ2) is 7.73. The zero-order valence-electron chi connectivity index (χ0n) is 18.4. The second-order valence-corrected chi connectivity index (χ2v) is 10.3. The van der Waals surface area contributed by atoms with Crippen LogP contribution < -0.4 is 10.9 Å². The Bertz CT molecular complexity index is 1150. The third kappa shape index (κ3) is 3.34. The minimum atomic E-state index is -0.115. The number of hydrogen-bond donors (Lipinski definition) is 3. The number of aliphatic hydroxyl groups excluding tert-OH is 1. The van der Waals surface area contributed by atoms with Gasteiger partial charge in [-0.2, -0.15) is 4.98 Å². The number of fused-ring (bicyclic) bond motifs is 1. The van der Waals surface area contributed by atoms with E-state index in [9.17, 15) is 9.90 Å². The number of nitrogens with zero attached hydrogens (tertiary/aromatic N) is 3. The number of aromatic nitrogens is 4. The Hall–Kier alpha value is -2.67. The molecule has 4 fully saturated rings. The molecule has 4 aliphatic carbocycles. The van der Waals surface area contributed by atoms with Crippen LogP contribution in [-0.2, 0) is 11.8 Å². The summed E-state index contributed by atoms with van der Waals surface area (Å²) >= 11 is 0. The van der Waals surface area contributed by atoms with Gasteiger partial charge in [0.2, 0.25) is 5.95 Å². The highest BCUT2D eigenvalue weighted by Gasteiger charge is 2.53. The maximum absolute atomic E-state index is 13.0. The molecule has 0 atom stereocenters. The van der Waals surface area contributed by atoms with E-state index >= 15 is 0 Å². The summed E-state index contributed by atoms with van der Waals surface area (Å²) < 4.78 is 1.71. The van der Waals surface area contributed by atoms with Crippen LogP contribution in [0.5, 0.6) is 0 Å². The van der Waals surface area contributed by atoms with E-state index in [4.69, 9.17) is 9.97 Å². The predicted octanol–water partition coefficient (Wildman–Crippen LogP) is 3.27. The van der Waals surface area contributed by atoms with Crippen molar-refractivity contribution in [1.29, 1.82) is 0 Å². The normalized spacial score (nSPS) is 28.5. The zero-order chi connectivity index (χ0) is 21.7. The van der Waals surface area contributed by atoms with Gasteiger partial charge in [-0.3, -0.25) is 9.89 Å². The first-order valence-electron chi connectivity index (χ1n) is 12.0. The molecule has 0 unspecified atom stereocenters. The minimum Gasteiger partial charge on any atom is -0.396 e. The maximum Gasteiger partial charge on any atom is 0.270 e. The molecule has 7 heteroatoms. The van der Waals surface area contributed by atoms with Crippen LogP contribution in [0.4, 0.5) is 5.95 Å². The Morgan fingerprint density at radius 3 is 2.41 bits per heavy atom. The van der Waals surface area contributed by atoms with Gasteiger partial charge in [-0.1, -0.05) is 30.3 Å². The van der Waals surface area contributed by atoms with Crippen LogP contribution in [0.1, 0.15) is 61.9 Å². The molecule has 7 rings (SSSR count). The number of aromatic amines is 1. The summed E-state index contributed by atoms with van der Waals surface area (Å²) in [5.74, 6) is 3.93. The fourth-order valence-corrected chi connectivity index (χ4v) is 6.98. The standard InChI is InChI=1S/C25H31N5O2/c31-8-4-7-26-24-28-23(25-13-17-9-18(14-25)11-19(10-17)15-25)27-21-20(22(32)29-30(21)24)12-16-5-2-1-3-6-16/h1-3,5-6,17-19,31H,4,7-15H2,(H,29,32)(H,26,27,28). The first-order valence-corrected chi connectivity index (χ1v) is 12.0. The van der Waals surface area contributed by atoms with Gasteiger partial charge in [0.05, 0.1) is 5.56 Å². The number of H-pyrrole nitrogens is 1. The van der Waals surface area contributed by atoms with Crippen molar-refractivity contribution in [2.75, 3.05) is 18.5 Å². The molecule has 4 bridgehead atoms. The number of aliphatic hydroxyl groups is 1. The van der Waals surface area contributed by atoms with E-state index in [1.165, 1.54) is 38.5 Å². The first kappa shape index (κ1) is 20.0. The summed E-state index contributed by atoms with van der Waals surface area (Å²) in [4.78, 5) is 23.1. The third-order valence-electron chi connectivity index (χ3n) is 7.96. The maximum atomic E-state index is 13.0. The van der Waals surface area contributed by atoms with Gasteiger partial charge >= 0.3 is 0 Å². The highest BCUT2D eigenvalue weighted by molar-refractivity contribution is 5.53. The fourth-order valence-electron chi connectivity index (χ4n) is 6.98. The Kier molecular flexibility index (Phi) is 4.82. The lowest BCUT2D eigenvalue weighted by Crippen LogP contribution is -2.49. The fraction of sp³-hybridized carbons (Fsp3) is 0.560. The molecule has 0 amide bonds. The number of nitrogens with one attached hydrogen (secondary N) is 2. The summed E-state index contributed by atoms with van der Waals surface area (Å²) in [5, 5.41) is 15.5. The zero-order valence-corrected chi connectivity index (χ0v) is 18.4. The molecule has 4 aliphatic rings. The summed E-state index contributed by atoms with van der Waals surface area (Å²) in [6.07, 6.45) is 8.79. The van der Waals surface area contributed by atoms with E-state index in [-0.39, 0.29) is 17.6 Å². The molecule has 0 aliphatic heterocycles. The van der Waals surface area contributed by atoms with Gasteiger partial charge in [0.15, 0.2) is 5.65 Å². The molecule has 0 spiro atoms. The summed E-state index contributed by atoms with van der Waals surface area (Å²) in [7, 11) is 0. The average Bonchev–Trinajstić information content (AvgIpc) is 3.09. The van der Waals surface area contributed by atoms with Crippen molar-refractivity contribution in [1.82, 2.24) is 19.6 Å². The van der Waals surface area contributed by atoms with Crippen LogP contribution in [0.2, 0.25) is 0 Å². The molecule has 0 saturated heterocycles. The van der Waals surface area contributed by atoms with E-state index in [0.29, 0.717) is 36.5 Å². The number of hydrogen-bond acceptors (Lipinski definition) is 5. The van der Waals surface area contributed by atoms with Crippen molar-refractivity contribution in [2.45, 2.75) is 56.8 Å². The minimum absolute atomic E-state index is 0.0429. The molecule has 7 nitrogen and oxygen atoms in total. The summed E-state index contributed by atoms with van der Waals surface area (Å²) in [5.41, 5.74) is 2.40. The van der Waals surface area contributed by atoms with Gasteiger partial charge in [0, 0.05) is 25.0 Å². The van der Waals surface area contributed by atoms with Crippen molar-refractivity contribution in [3.63, 3.8) is 0 Å². The second-order valence-electron chi connectivity index (χ2n) is 10.3. The first-order chi connectivity index (χ1) is 15.6. The molecule has 4 saturated carbocycles. The molecule has 1 aromatic carbocycles. The van der Waals surface area contributed by atoms with Gasteiger partial charge in [-0.25, -0.2) is 9.50 Å². The number of anilines is 1. The Labute approximate surface area is 187 Å². The number of rotatable bonds is 7. The summed E-state index contributed by atoms with van der Waals surface area (Å²) in [6, 6.07) is 10.1. The van der Waals surface area contributed by atoms with Crippen LogP contribution in [0.15, 0.2) is 35.1 Å². The molecule has 2 aromatic heterocycles. The van der Waals surface area contributed by atoms with Crippen molar-refractivity contribution in [3.05, 3.63) is 57.6 Å². The van der Waals surface area contributed by atoms with E-state index < -0.39 is 0 Å². The Morgan fingerprint density at radius 2 is 1.75 bits per heavy atom. The van der Waals surface area contributed by atoms with E-state index in [1.807, 2.05) is 30.3 Å². The molecule has 2 heterocycles. The molecule has 0 radical (unpaired) electrons. The van der Waals surface area contributed by atoms with Crippen LogP contribution in [-0.4, -0.2) is 37.8 Å². The SMILES string of the molecule is O=c1[nH]n2c(NCCCO)nc(C34CC5CC(CC(C5)C3)C4)nc2c1Cc1ccccc1. The molecular formula is C25H31N5O2. The van der Waals surface area contributed by atoms with Crippen molar-refractivity contribution >= 4 is 11.6 Å². The predicted molar refractivity (Wildman–Crippen MR) is 123 cm³/mol. The van der Waals surface area contributed by atoms with Gasteiger partial charge in [-0.05, 0) is 68.3 Å². The quantitative estimate of drug-likeness (QED) is 0.497. The van der Waals surface area contributed by atoms with E-state index in [0.717, 1.165) is 29.1 Å². The van der Waals surface area contributed by atoms with Gasteiger partial charge in [-0.15, -0.1) is 0 Å². The molecule has 168 valence electrons. The van der Waals surface area contributed by atoms with Crippen LogP contribution in [0.3, 0.4) is 0 Å². The van der Waals surface area contributed by atoms with Gasteiger partial charge in [0.1, 0.15) is 5.82 Å². The van der Waals surface area contributed by atoms with Crippen molar-refractivity contribution in [3.8, 4) is 0 Å². The third-order valence-corrected chi connectivity index (χ3v) is 7.96. The number of benzene rings is 1. The monoisotopic (exact) mass is 433 g/mol. The molecule has 32 heavy (non-hydrogen) atoms. The Morgan fingerprint density at radius 1 is 1.06 bits per heavy atom. The summed E-state index contributed by atoms with van der Waals surface area (Å²) in [6.45, 7) is 0.710. The lowest BCUT2D eigenvalue weighted by molar-refractivity contribution is -0.00930. The van der Waals surface area contributed by atoms with Gasteiger partial charge in [0.25, 0.3) is 5.56 Å². The Balaban J connectivity index is 1.47. The highest BCUT2D eigenvalue weighted by atomic mass is 16.3. The van der Waals surface area contributed by atoms with Crippen molar-refractivity contribution < 1.29 is 5.11 Å². The smallest absolute Gasteiger partial charge is 0.270 e. The largest absolute Gasteiger partial charge is 0.396 e. The van der Waals surface area contributed by atoms with Crippen LogP contribution >= 0.6 is 0 Å². The van der Waals surface area contributed by atoms with Crippen molar-refractivity contribution in [2.24, 2.45) is 17.8 Å². The highest BCUT2D eigenvalue weighted by Crippen LogP contribution is 2.60. The lowest BCUT2D eigenvalue weighted by Gasteiger charge is -2.55. The van der Waals surface area contributed by atoms with E-state index in [2.05, 4.69) is 10.4 Å². The topological polar surface area (TPSA) is 95.3 Å². The molecule has 3 N–H and O–H groups in total. The molecule has 3 aromatic rings. The molecular weight excluding hydrogens is 402 g/mol. The lowest BCUT2D eigenvalue weighted by atomic mass is 9.49. The average molecular weight is 434 g/mol. The van der Waals surface area contributed by atoms with Gasteiger partial charge < -0.3 is 10.4 Å². The van der Waals surface area contributed by atoms with Crippen LogP contribution in [0.25, 0.3) is 5.65 Å². The van der Waals surface area contributed by atoms with Crippen LogP contribution in [0, 0.1) is 17.8 Å².